The second kappa shape index (κ2) is 5.24. The second-order valence-corrected chi connectivity index (χ2v) is 3.46. The number of carbonyl (C=O) groups is 1. The number of ether oxygens (including phenoxy) is 1. The monoisotopic (exact) mass is 200 g/mol. The largest absolute Gasteiger partial charge is 0.388 e. The molecule has 0 bridgehead atoms. The SMILES string of the molecule is C=CCCC1OC(CC=O)C(O)C1O. The standard InChI is InChI=1S/C10H16O4/c1-2-3-4-7-9(12)10(13)8(14-7)5-6-11/h2,6-10,12-13H,1,3-5H2. The first-order valence-electron chi connectivity index (χ1n) is 4.76. The first-order chi connectivity index (χ1) is 6.70. The number of aldehydes is 1. The third-order valence-electron chi connectivity index (χ3n) is 2.45. The summed E-state index contributed by atoms with van der Waals surface area (Å²) in [5.41, 5.74) is 0. The van der Waals surface area contributed by atoms with Gasteiger partial charge in [-0.05, 0) is 12.8 Å². The summed E-state index contributed by atoms with van der Waals surface area (Å²) >= 11 is 0. The number of aliphatic hydroxyl groups is 2. The molecule has 1 heterocycles. The van der Waals surface area contributed by atoms with Crippen LogP contribution in [0.3, 0.4) is 0 Å². The maximum Gasteiger partial charge on any atom is 0.122 e. The average Bonchev–Trinajstić information content (AvgIpc) is 2.44. The van der Waals surface area contributed by atoms with Gasteiger partial charge in [-0.25, -0.2) is 0 Å². The Hall–Kier alpha value is -0.710. The predicted molar refractivity (Wildman–Crippen MR) is 50.8 cm³/mol. The van der Waals surface area contributed by atoms with Crippen LogP contribution in [0.4, 0.5) is 0 Å². The van der Waals surface area contributed by atoms with Crippen LogP contribution in [0.15, 0.2) is 12.7 Å². The molecule has 0 aromatic carbocycles. The zero-order valence-electron chi connectivity index (χ0n) is 8.00. The van der Waals surface area contributed by atoms with Gasteiger partial charge in [0.25, 0.3) is 0 Å². The molecule has 1 aliphatic heterocycles. The van der Waals surface area contributed by atoms with Gasteiger partial charge in [0.2, 0.25) is 0 Å². The van der Waals surface area contributed by atoms with E-state index in [1.165, 1.54) is 0 Å². The molecule has 1 saturated heterocycles. The molecule has 1 rings (SSSR count). The van der Waals surface area contributed by atoms with Gasteiger partial charge in [0, 0.05) is 6.42 Å². The van der Waals surface area contributed by atoms with Crippen LogP contribution in [0.1, 0.15) is 19.3 Å². The highest BCUT2D eigenvalue weighted by atomic mass is 16.5. The summed E-state index contributed by atoms with van der Waals surface area (Å²) in [6.45, 7) is 3.57. The molecule has 2 N–H and O–H groups in total. The Balaban J connectivity index is 2.47. The molecule has 4 heteroatoms. The zero-order chi connectivity index (χ0) is 10.6. The van der Waals surface area contributed by atoms with Crippen LogP contribution in [-0.4, -0.2) is 40.9 Å². The van der Waals surface area contributed by atoms with E-state index in [0.29, 0.717) is 12.7 Å². The van der Waals surface area contributed by atoms with Crippen LogP contribution in [0.5, 0.6) is 0 Å². The van der Waals surface area contributed by atoms with Gasteiger partial charge in [-0.2, -0.15) is 0 Å². The Labute approximate surface area is 83.2 Å². The van der Waals surface area contributed by atoms with Crippen LogP contribution >= 0.6 is 0 Å². The molecule has 0 aromatic heterocycles. The van der Waals surface area contributed by atoms with Crippen molar-refractivity contribution in [2.75, 3.05) is 0 Å². The van der Waals surface area contributed by atoms with E-state index in [4.69, 9.17) is 4.74 Å². The summed E-state index contributed by atoms with van der Waals surface area (Å²) < 4.78 is 5.35. The van der Waals surface area contributed by atoms with Crippen molar-refractivity contribution in [3.63, 3.8) is 0 Å². The number of hydrogen-bond donors (Lipinski definition) is 2. The molecule has 4 unspecified atom stereocenters. The van der Waals surface area contributed by atoms with Gasteiger partial charge in [-0.1, -0.05) is 6.08 Å². The van der Waals surface area contributed by atoms with E-state index >= 15 is 0 Å². The summed E-state index contributed by atoms with van der Waals surface area (Å²) in [4.78, 5) is 10.2. The Morgan fingerprint density at radius 3 is 2.50 bits per heavy atom. The van der Waals surface area contributed by atoms with Crippen LogP contribution in [0.25, 0.3) is 0 Å². The van der Waals surface area contributed by atoms with Crippen molar-refractivity contribution in [1.29, 1.82) is 0 Å². The van der Waals surface area contributed by atoms with Gasteiger partial charge in [-0.15, -0.1) is 6.58 Å². The van der Waals surface area contributed by atoms with Gasteiger partial charge >= 0.3 is 0 Å². The third kappa shape index (κ3) is 2.41. The summed E-state index contributed by atoms with van der Waals surface area (Å²) in [6.07, 6.45) is 1.12. The zero-order valence-corrected chi connectivity index (χ0v) is 8.00. The van der Waals surface area contributed by atoms with E-state index in [2.05, 4.69) is 6.58 Å². The Morgan fingerprint density at radius 2 is 1.93 bits per heavy atom. The first-order valence-corrected chi connectivity index (χ1v) is 4.76. The third-order valence-corrected chi connectivity index (χ3v) is 2.45. The van der Waals surface area contributed by atoms with Crippen LogP contribution in [-0.2, 0) is 9.53 Å². The van der Waals surface area contributed by atoms with Crippen molar-refractivity contribution >= 4 is 6.29 Å². The number of carbonyl (C=O) groups excluding carboxylic acids is 1. The lowest BCUT2D eigenvalue weighted by molar-refractivity contribution is -0.111. The molecule has 1 aliphatic rings. The molecule has 1 fully saturated rings. The highest BCUT2D eigenvalue weighted by Gasteiger charge is 2.41. The van der Waals surface area contributed by atoms with Gasteiger partial charge in [0.05, 0.1) is 12.2 Å². The lowest BCUT2D eigenvalue weighted by Crippen LogP contribution is -2.32. The normalized spacial score (nSPS) is 37.0. The Kier molecular flexibility index (Phi) is 4.25. The molecular formula is C10H16O4. The predicted octanol–water partition coefficient (Wildman–Crippen LogP) is 0.0308. The van der Waals surface area contributed by atoms with Gasteiger partial charge < -0.3 is 19.7 Å². The molecular weight excluding hydrogens is 184 g/mol. The maximum absolute atomic E-state index is 10.2. The fraction of sp³-hybridized carbons (Fsp3) is 0.700. The minimum absolute atomic E-state index is 0.128. The Morgan fingerprint density at radius 1 is 1.29 bits per heavy atom. The van der Waals surface area contributed by atoms with E-state index in [1.807, 2.05) is 0 Å². The topological polar surface area (TPSA) is 66.8 Å². The number of aliphatic hydroxyl groups excluding tert-OH is 2. The minimum Gasteiger partial charge on any atom is -0.388 e. The summed E-state index contributed by atoms with van der Waals surface area (Å²) in [5.74, 6) is 0. The fourth-order valence-electron chi connectivity index (χ4n) is 1.64. The van der Waals surface area contributed by atoms with Crippen molar-refractivity contribution in [3.05, 3.63) is 12.7 Å². The van der Waals surface area contributed by atoms with E-state index in [0.717, 1.165) is 6.42 Å². The Bertz CT molecular complexity index is 204. The number of hydrogen-bond acceptors (Lipinski definition) is 4. The van der Waals surface area contributed by atoms with Crippen LogP contribution in [0, 0.1) is 0 Å². The molecule has 0 amide bonds. The lowest BCUT2D eigenvalue weighted by Gasteiger charge is -2.12. The number of rotatable bonds is 5. The summed E-state index contributed by atoms with van der Waals surface area (Å²) in [5, 5.41) is 19.1. The molecule has 0 spiro atoms. The lowest BCUT2D eigenvalue weighted by atomic mass is 10.0. The molecule has 0 aliphatic carbocycles. The smallest absolute Gasteiger partial charge is 0.122 e. The van der Waals surface area contributed by atoms with Crippen molar-refractivity contribution in [2.45, 2.75) is 43.7 Å². The molecule has 14 heavy (non-hydrogen) atoms. The van der Waals surface area contributed by atoms with Gasteiger partial charge in [-0.3, -0.25) is 0 Å². The highest BCUT2D eigenvalue weighted by Crippen LogP contribution is 2.25. The molecule has 0 aromatic rings. The molecule has 4 nitrogen and oxygen atoms in total. The minimum atomic E-state index is -0.949. The van der Waals surface area contributed by atoms with Crippen molar-refractivity contribution in [3.8, 4) is 0 Å². The molecule has 0 radical (unpaired) electrons. The average molecular weight is 200 g/mol. The summed E-state index contributed by atoms with van der Waals surface area (Å²) in [7, 11) is 0. The van der Waals surface area contributed by atoms with Crippen LogP contribution in [0.2, 0.25) is 0 Å². The van der Waals surface area contributed by atoms with E-state index in [-0.39, 0.29) is 12.5 Å². The molecule has 4 atom stereocenters. The van der Waals surface area contributed by atoms with Gasteiger partial charge in [0.1, 0.15) is 18.5 Å². The fourth-order valence-corrected chi connectivity index (χ4v) is 1.64. The first kappa shape index (κ1) is 11.4. The van der Waals surface area contributed by atoms with Gasteiger partial charge in [0.15, 0.2) is 0 Å². The summed E-state index contributed by atoms with van der Waals surface area (Å²) in [6, 6.07) is 0. The van der Waals surface area contributed by atoms with Crippen molar-refractivity contribution < 1.29 is 19.7 Å². The quantitative estimate of drug-likeness (QED) is 0.485. The van der Waals surface area contributed by atoms with Crippen LogP contribution < -0.4 is 0 Å². The second-order valence-electron chi connectivity index (χ2n) is 3.46. The van der Waals surface area contributed by atoms with Crippen molar-refractivity contribution in [1.82, 2.24) is 0 Å². The van der Waals surface area contributed by atoms with Crippen molar-refractivity contribution in [2.24, 2.45) is 0 Å². The highest BCUT2D eigenvalue weighted by molar-refractivity contribution is 5.50. The van der Waals surface area contributed by atoms with E-state index < -0.39 is 18.3 Å². The van der Waals surface area contributed by atoms with E-state index in [9.17, 15) is 15.0 Å². The molecule has 0 saturated carbocycles. The van der Waals surface area contributed by atoms with E-state index in [1.54, 1.807) is 6.08 Å². The maximum atomic E-state index is 10.2. The number of allylic oxidation sites excluding steroid dienone is 1. The molecule has 80 valence electrons.